The zero-order valence-electron chi connectivity index (χ0n) is 10.3. The molecule has 2 N–H and O–H groups in total. The van der Waals surface area contributed by atoms with Crippen molar-refractivity contribution >= 4 is 5.97 Å². The van der Waals surface area contributed by atoms with Crippen molar-refractivity contribution < 1.29 is 13.9 Å². The highest BCUT2D eigenvalue weighted by Crippen LogP contribution is 2.21. The number of carbonyl (C=O) groups excluding carboxylic acids is 1. The topological polar surface area (TPSA) is 52.3 Å². The van der Waals surface area contributed by atoms with Gasteiger partial charge in [-0.2, -0.15) is 0 Å². The minimum absolute atomic E-state index is 0.00157. The van der Waals surface area contributed by atoms with Crippen LogP contribution in [0.1, 0.15) is 32.3 Å². The maximum absolute atomic E-state index is 12.8. The van der Waals surface area contributed by atoms with Gasteiger partial charge in [-0.05, 0) is 31.5 Å². The molecule has 0 amide bonds. The van der Waals surface area contributed by atoms with Crippen LogP contribution in [-0.2, 0) is 9.53 Å². The third kappa shape index (κ3) is 3.82. The molecule has 3 nitrogen and oxygen atoms in total. The SMILES string of the molecule is C[C@H](c1ccc(F)cc1)[C@@H](C)OC(=O)[C@@H](C)N. The van der Waals surface area contributed by atoms with Gasteiger partial charge in [-0.25, -0.2) is 4.39 Å². The molecule has 4 heteroatoms. The van der Waals surface area contributed by atoms with Crippen molar-refractivity contribution in [3.63, 3.8) is 0 Å². The van der Waals surface area contributed by atoms with Crippen molar-refractivity contribution in [3.05, 3.63) is 35.6 Å². The third-order valence-electron chi connectivity index (χ3n) is 2.77. The molecular weight excluding hydrogens is 221 g/mol. The van der Waals surface area contributed by atoms with E-state index in [9.17, 15) is 9.18 Å². The molecule has 1 aromatic rings. The Balaban J connectivity index is 2.66. The lowest BCUT2D eigenvalue weighted by Gasteiger charge is -2.21. The van der Waals surface area contributed by atoms with Gasteiger partial charge in [0.1, 0.15) is 18.0 Å². The van der Waals surface area contributed by atoms with Gasteiger partial charge in [0.15, 0.2) is 0 Å². The minimum Gasteiger partial charge on any atom is -0.461 e. The Kier molecular flexibility index (Phi) is 4.63. The van der Waals surface area contributed by atoms with E-state index in [1.165, 1.54) is 12.1 Å². The first kappa shape index (κ1) is 13.6. The minimum atomic E-state index is -0.627. The highest BCUT2D eigenvalue weighted by Gasteiger charge is 2.20. The highest BCUT2D eigenvalue weighted by molar-refractivity contribution is 5.75. The third-order valence-corrected chi connectivity index (χ3v) is 2.77. The molecule has 94 valence electrons. The van der Waals surface area contributed by atoms with Gasteiger partial charge < -0.3 is 10.5 Å². The van der Waals surface area contributed by atoms with Gasteiger partial charge in [0.2, 0.25) is 0 Å². The molecule has 0 radical (unpaired) electrons. The molecule has 0 saturated heterocycles. The number of halogens is 1. The standard InChI is InChI=1S/C13H18FNO2/c1-8(10(3)17-13(16)9(2)15)11-4-6-12(14)7-5-11/h4-10H,15H2,1-3H3/t8-,9+,10+/m0/s1. The van der Waals surface area contributed by atoms with Crippen LogP contribution in [0.3, 0.4) is 0 Å². The maximum Gasteiger partial charge on any atom is 0.322 e. The van der Waals surface area contributed by atoms with E-state index < -0.39 is 12.0 Å². The molecule has 0 aliphatic rings. The monoisotopic (exact) mass is 239 g/mol. The first-order chi connectivity index (χ1) is 7.91. The molecule has 0 bridgehead atoms. The number of hydrogen-bond acceptors (Lipinski definition) is 3. The summed E-state index contributed by atoms with van der Waals surface area (Å²) in [5, 5.41) is 0. The van der Waals surface area contributed by atoms with Gasteiger partial charge >= 0.3 is 5.97 Å². The van der Waals surface area contributed by atoms with Crippen LogP contribution in [0.4, 0.5) is 4.39 Å². The zero-order chi connectivity index (χ0) is 13.0. The molecule has 0 aliphatic heterocycles. The highest BCUT2D eigenvalue weighted by atomic mass is 19.1. The van der Waals surface area contributed by atoms with Crippen molar-refractivity contribution in [3.8, 4) is 0 Å². The second-order valence-electron chi connectivity index (χ2n) is 4.27. The first-order valence-electron chi connectivity index (χ1n) is 5.63. The first-order valence-corrected chi connectivity index (χ1v) is 5.63. The van der Waals surface area contributed by atoms with Crippen LogP contribution < -0.4 is 5.73 Å². The summed E-state index contributed by atoms with van der Waals surface area (Å²) in [4.78, 5) is 11.3. The molecule has 0 heterocycles. The van der Waals surface area contributed by atoms with Crippen LogP contribution in [0.2, 0.25) is 0 Å². The van der Waals surface area contributed by atoms with Gasteiger partial charge in [0.25, 0.3) is 0 Å². The molecule has 0 saturated carbocycles. The van der Waals surface area contributed by atoms with Gasteiger partial charge in [0.05, 0.1) is 0 Å². The fourth-order valence-corrected chi connectivity index (χ4v) is 1.43. The predicted octanol–water partition coefficient (Wildman–Crippen LogP) is 2.21. The largest absolute Gasteiger partial charge is 0.461 e. The number of nitrogens with two attached hydrogens (primary N) is 1. The summed E-state index contributed by atoms with van der Waals surface area (Å²) in [7, 11) is 0. The van der Waals surface area contributed by atoms with E-state index in [1.54, 1.807) is 26.0 Å². The van der Waals surface area contributed by atoms with Crippen LogP contribution in [0.15, 0.2) is 24.3 Å². The van der Waals surface area contributed by atoms with Crippen molar-refractivity contribution in [1.82, 2.24) is 0 Å². The van der Waals surface area contributed by atoms with Gasteiger partial charge in [-0.1, -0.05) is 19.1 Å². The molecule has 0 unspecified atom stereocenters. The van der Waals surface area contributed by atoms with E-state index in [0.29, 0.717) is 0 Å². The second kappa shape index (κ2) is 5.77. The fourth-order valence-electron chi connectivity index (χ4n) is 1.43. The van der Waals surface area contributed by atoms with E-state index in [1.807, 2.05) is 6.92 Å². The summed E-state index contributed by atoms with van der Waals surface area (Å²) in [6.45, 7) is 5.30. The van der Waals surface area contributed by atoms with Crippen LogP contribution in [0, 0.1) is 5.82 Å². The van der Waals surface area contributed by atoms with E-state index >= 15 is 0 Å². The smallest absolute Gasteiger partial charge is 0.322 e. The van der Waals surface area contributed by atoms with Gasteiger partial charge in [-0.15, -0.1) is 0 Å². The average molecular weight is 239 g/mol. The summed E-state index contributed by atoms with van der Waals surface area (Å²) < 4.78 is 18.0. The zero-order valence-corrected chi connectivity index (χ0v) is 10.3. The fraction of sp³-hybridized carbons (Fsp3) is 0.462. The van der Waals surface area contributed by atoms with Crippen molar-refractivity contribution in [2.75, 3.05) is 0 Å². The molecule has 0 fully saturated rings. The van der Waals surface area contributed by atoms with Crippen molar-refractivity contribution in [2.24, 2.45) is 5.73 Å². The normalized spacial score (nSPS) is 16.1. The molecule has 17 heavy (non-hydrogen) atoms. The molecule has 0 aromatic heterocycles. The molecular formula is C13H18FNO2. The van der Waals surface area contributed by atoms with Crippen molar-refractivity contribution in [2.45, 2.75) is 38.8 Å². The van der Waals surface area contributed by atoms with Crippen LogP contribution in [-0.4, -0.2) is 18.1 Å². The van der Waals surface area contributed by atoms with E-state index in [4.69, 9.17) is 10.5 Å². The van der Waals surface area contributed by atoms with Crippen LogP contribution in [0.5, 0.6) is 0 Å². The molecule has 0 aliphatic carbocycles. The number of ether oxygens (including phenoxy) is 1. The number of benzene rings is 1. The Hall–Kier alpha value is -1.42. The summed E-state index contributed by atoms with van der Waals surface area (Å²) in [5.41, 5.74) is 6.35. The van der Waals surface area contributed by atoms with Gasteiger partial charge in [-0.3, -0.25) is 4.79 Å². The summed E-state index contributed by atoms with van der Waals surface area (Å²) in [6.07, 6.45) is -0.293. The van der Waals surface area contributed by atoms with E-state index in [2.05, 4.69) is 0 Å². The van der Waals surface area contributed by atoms with Crippen LogP contribution >= 0.6 is 0 Å². The molecule has 0 spiro atoms. The molecule has 1 rings (SSSR count). The molecule has 3 atom stereocenters. The lowest BCUT2D eigenvalue weighted by molar-refractivity contribution is -0.150. The van der Waals surface area contributed by atoms with Gasteiger partial charge in [0, 0.05) is 5.92 Å². The lowest BCUT2D eigenvalue weighted by Crippen LogP contribution is -2.33. The summed E-state index contributed by atoms with van der Waals surface area (Å²) in [6, 6.07) is 5.54. The Bertz CT molecular complexity index is 376. The Morgan fingerprint density at radius 3 is 2.24 bits per heavy atom. The number of esters is 1. The number of carbonyl (C=O) groups is 1. The Morgan fingerprint density at radius 1 is 1.24 bits per heavy atom. The Labute approximate surface area is 101 Å². The summed E-state index contributed by atoms with van der Waals surface area (Å²) in [5.74, 6) is -0.703. The van der Waals surface area contributed by atoms with Crippen molar-refractivity contribution in [1.29, 1.82) is 0 Å². The average Bonchev–Trinajstić information content (AvgIpc) is 2.28. The maximum atomic E-state index is 12.8. The quantitative estimate of drug-likeness (QED) is 0.819. The van der Waals surface area contributed by atoms with E-state index in [0.717, 1.165) is 5.56 Å². The summed E-state index contributed by atoms with van der Waals surface area (Å²) >= 11 is 0. The predicted molar refractivity (Wildman–Crippen MR) is 64.0 cm³/mol. The number of rotatable bonds is 4. The second-order valence-corrected chi connectivity index (χ2v) is 4.27. The van der Waals surface area contributed by atoms with Crippen LogP contribution in [0.25, 0.3) is 0 Å². The molecule has 1 aromatic carbocycles. The lowest BCUT2D eigenvalue weighted by atomic mass is 9.96. The van der Waals surface area contributed by atoms with E-state index in [-0.39, 0.29) is 17.8 Å². The number of hydrogen-bond donors (Lipinski definition) is 1. The Morgan fingerprint density at radius 2 is 1.76 bits per heavy atom.